The number of nitrogens with zero attached hydrogens (tertiary/aromatic N) is 2. The number of aliphatic hydroxyl groups excluding tert-OH is 1. The van der Waals surface area contributed by atoms with Crippen LogP contribution < -0.4 is 10.2 Å². The van der Waals surface area contributed by atoms with E-state index in [-0.39, 0.29) is 5.97 Å². The number of nitrogens with one attached hydrogen (secondary N) is 2. The van der Waals surface area contributed by atoms with Gasteiger partial charge in [-0.2, -0.15) is 4.68 Å². The summed E-state index contributed by atoms with van der Waals surface area (Å²) in [6.45, 7) is 2.91. The van der Waals surface area contributed by atoms with Crippen LogP contribution in [0.1, 0.15) is 12.0 Å². The number of carbonyl (C=O) groups excluding carboxylic acids is 1. The Balaban J connectivity index is 1.75. The Labute approximate surface area is 154 Å². The fraction of sp³-hybridized carbons (Fsp3) is 0.438. The predicted octanol–water partition coefficient (Wildman–Crippen LogP) is 0.875. The standard InChI is InChI=1S/C16H20N4O3S2/c1-10-5-3-4-6-12(10)17-15-18-20(16(24)25-15)9-19-8-11(21)7-13(19)14(22)23-2/h3-6,11,13,21H,7-9H2,1-2H3,(H,17,18)/p+1/t11-,13+/m1/s1. The second kappa shape index (κ2) is 7.61. The lowest BCUT2D eigenvalue weighted by molar-refractivity contribution is -0.928. The summed E-state index contributed by atoms with van der Waals surface area (Å²) in [6, 6.07) is 7.56. The minimum absolute atomic E-state index is 0.313. The molecule has 0 spiro atoms. The lowest BCUT2D eigenvalue weighted by atomic mass is 10.2. The van der Waals surface area contributed by atoms with Crippen molar-refractivity contribution in [2.24, 2.45) is 0 Å². The van der Waals surface area contributed by atoms with Crippen molar-refractivity contribution < 1.29 is 19.5 Å². The van der Waals surface area contributed by atoms with Gasteiger partial charge in [0.05, 0.1) is 7.11 Å². The summed E-state index contributed by atoms with van der Waals surface area (Å²) in [5.41, 5.74) is 2.10. The number of aliphatic hydroxyl groups is 1. The van der Waals surface area contributed by atoms with Crippen molar-refractivity contribution in [3.05, 3.63) is 33.8 Å². The maximum Gasteiger partial charge on any atom is 0.364 e. The number of benzene rings is 1. The number of carbonyl (C=O) groups is 1. The third-order valence-corrected chi connectivity index (χ3v) is 5.55. The van der Waals surface area contributed by atoms with E-state index in [2.05, 4.69) is 10.4 Å². The molecule has 25 heavy (non-hydrogen) atoms. The summed E-state index contributed by atoms with van der Waals surface area (Å²) < 4.78 is 7.16. The molecular formula is C16H21N4O3S2+. The molecule has 3 N–H and O–H groups in total. The van der Waals surface area contributed by atoms with E-state index in [4.69, 9.17) is 17.0 Å². The van der Waals surface area contributed by atoms with Crippen LogP contribution in [0.4, 0.5) is 10.8 Å². The molecule has 0 saturated carbocycles. The molecule has 0 aliphatic carbocycles. The van der Waals surface area contributed by atoms with Gasteiger partial charge in [0.2, 0.25) is 5.13 Å². The molecule has 1 fully saturated rings. The van der Waals surface area contributed by atoms with E-state index in [9.17, 15) is 9.90 Å². The summed E-state index contributed by atoms with van der Waals surface area (Å²) in [4.78, 5) is 12.8. The largest absolute Gasteiger partial charge is 0.465 e. The number of likely N-dealkylation sites (tertiary alicyclic amines) is 1. The SMILES string of the molecule is COC(=O)[C@@H]1C[C@@H](O)C[NH+]1Cn1nc(Nc2ccccc2C)sc1=S. The number of rotatable bonds is 5. The van der Waals surface area contributed by atoms with Crippen LogP contribution in [0, 0.1) is 10.9 Å². The molecular weight excluding hydrogens is 360 g/mol. The van der Waals surface area contributed by atoms with Crippen LogP contribution in [-0.2, 0) is 16.2 Å². The molecule has 1 aliphatic heterocycles. The smallest absolute Gasteiger partial charge is 0.364 e. The Morgan fingerprint density at radius 3 is 3.04 bits per heavy atom. The van der Waals surface area contributed by atoms with Gasteiger partial charge < -0.3 is 20.1 Å². The first-order valence-corrected chi connectivity index (χ1v) is 9.21. The topological polar surface area (TPSA) is 80.8 Å². The predicted molar refractivity (Wildman–Crippen MR) is 97.7 cm³/mol. The average molecular weight is 382 g/mol. The lowest BCUT2D eigenvalue weighted by Gasteiger charge is -2.18. The first-order chi connectivity index (χ1) is 12.0. The Hall–Kier alpha value is -1.81. The number of aromatic nitrogens is 2. The monoisotopic (exact) mass is 381 g/mol. The van der Waals surface area contributed by atoms with Crippen LogP contribution >= 0.6 is 23.6 Å². The normalized spacial score (nSPS) is 22.8. The van der Waals surface area contributed by atoms with E-state index >= 15 is 0 Å². The van der Waals surface area contributed by atoms with Crippen molar-refractivity contribution >= 4 is 40.3 Å². The third-order valence-electron chi connectivity index (χ3n) is 4.33. The Bertz CT molecular complexity index is 820. The molecule has 1 aromatic heterocycles. The molecule has 3 atom stereocenters. The van der Waals surface area contributed by atoms with E-state index in [1.54, 1.807) is 4.68 Å². The molecule has 2 aromatic rings. The van der Waals surface area contributed by atoms with Gasteiger partial charge >= 0.3 is 5.97 Å². The molecule has 0 bridgehead atoms. The molecule has 1 unspecified atom stereocenters. The summed E-state index contributed by atoms with van der Waals surface area (Å²) in [5, 5.41) is 18.4. The molecule has 0 radical (unpaired) electrons. The maximum absolute atomic E-state index is 11.9. The lowest BCUT2D eigenvalue weighted by Crippen LogP contribution is -3.14. The van der Waals surface area contributed by atoms with Gasteiger partial charge in [-0.3, -0.25) is 0 Å². The number of hydrogen-bond acceptors (Lipinski definition) is 7. The van der Waals surface area contributed by atoms with Crippen LogP contribution in [-0.4, -0.2) is 46.7 Å². The molecule has 1 aromatic carbocycles. The minimum Gasteiger partial charge on any atom is -0.465 e. The highest BCUT2D eigenvalue weighted by molar-refractivity contribution is 7.73. The van der Waals surface area contributed by atoms with Crippen LogP contribution in [0.15, 0.2) is 24.3 Å². The van der Waals surface area contributed by atoms with Gasteiger partial charge in [0, 0.05) is 12.1 Å². The van der Waals surface area contributed by atoms with Crippen molar-refractivity contribution in [2.45, 2.75) is 32.2 Å². The summed E-state index contributed by atoms with van der Waals surface area (Å²) in [7, 11) is 1.36. The highest BCUT2D eigenvalue weighted by atomic mass is 32.1. The number of hydrogen-bond donors (Lipinski definition) is 3. The van der Waals surface area contributed by atoms with E-state index in [1.807, 2.05) is 31.2 Å². The third kappa shape index (κ3) is 4.06. The van der Waals surface area contributed by atoms with Crippen LogP contribution in [0.3, 0.4) is 0 Å². The summed E-state index contributed by atoms with van der Waals surface area (Å²) >= 11 is 6.79. The fourth-order valence-corrected chi connectivity index (χ4v) is 4.04. The van der Waals surface area contributed by atoms with Gasteiger partial charge in [-0.05, 0) is 30.8 Å². The number of quaternary nitrogens is 1. The number of methoxy groups -OCH3 is 1. The van der Waals surface area contributed by atoms with E-state index in [1.165, 1.54) is 18.4 Å². The maximum atomic E-state index is 11.9. The molecule has 2 heterocycles. The molecule has 1 aliphatic rings. The molecule has 3 rings (SSSR count). The Morgan fingerprint density at radius 1 is 1.56 bits per heavy atom. The number of para-hydroxylation sites is 1. The van der Waals surface area contributed by atoms with Gasteiger partial charge in [0.15, 0.2) is 16.7 Å². The fourth-order valence-electron chi connectivity index (χ4n) is 3.02. The first kappa shape index (κ1) is 18.0. The molecule has 7 nitrogen and oxygen atoms in total. The second-order valence-electron chi connectivity index (χ2n) is 6.10. The van der Waals surface area contributed by atoms with Crippen molar-refractivity contribution in [1.29, 1.82) is 0 Å². The zero-order chi connectivity index (χ0) is 18.0. The second-order valence-corrected chi connectivity index (χ2v) is 7.72. The minimum atomic E-state index is -0.517. The number of anilines is 2. The van der Waals surface area contributed by atoms with Crippen molar-refractivity contribution in [3.63, 3.8) is 0 Å². The quantitative estimate of drug-likeness (QED) is 0.527. The van der Waals surface area contributed by atoms with E-state index in [0.29, 0.717) is 28.7 Å². The number of aryl methyl sites for hydroxylation is 1. The van der Waals surface area contributed by atoms with Crippen molar-refractivity contribution in [1.82, 2.24) is 9.78 Å². The zero-order valence-electron chi connectivity index (χ0n) is 14.1. The molecule has 1 saturated heterocycles. The Kier molecular flexibility index (Phi) is 5.48. The van der Waals surface area contributed by atoms with Crippen molar-refractivity contribution in [2.75, 3.05) is 19.0 Å². The van der Waals surface area contributed by atoms with Gasteiger partial charge in [-0.1, -0.05) is 29.5 Å². The number of esters is 1. The van der Waals surface area contributed by atoms with Crippen LogP contribution in [0.2, 0.25) is 0 Å². The Morgan fingerprint density at radius 2 is 2.32 bits per heavy atom. The van der Waals surface area contributed by atoms with Crippen LogP contribution in [0.5, 0.6) is 0 Å². The summed E-state index contributed by atoms with van der Waals surface area (Å²) in [5.74, 6) is -0.313. The molecule has 9 heteroatoms. The summed E-state index contributed by atoms with van der Waals surface area (Å²) in [6.07, 6.45) is -0.121. The van der Waals surface area contributed by atoms with Crippen LogP contribution in [0.25, 0.3) is 0 Å². The van der Waals surface area contributed by atoms with Gasteiger partial charge in [-0.25, -0.2) is 4.79 Å². The number of ether oxygens (including phenoxy) is 1. The first-order valence-electron chi connectivity index (χ1n) is 7.99. The van der Waals surface area contributed by atoms with Gasteiger partial charge in [0.25, 0.3) is 0 Å². The van der Waals surface area contributed by atoms with E-state index < -0.39 is 12.1 Å². The zero-order valence-corrected chi connectivity index (χ0v) is 15.7. The highest BCUT2D eigenvalue weighted by Gasteiger charge is 2.41. The molecule has 0 amide bonds. The molecule has 134 valence electrons. The van der Waals surface area contributed by atoms with Gasteiger partial charge in [-0.15, -0.1) is 5.10 Å². The highest BCUT2D eigenvalue weighted by Crippen LogP contribution is 2.22. The van der Waals surface area contributed by atoms with E-state index in [0.717, 1.165) is 16.2 Å². The average Bonchev–Trinajstić information content (AvgIpc) is 3.12. The van der Waals surface area contributed by atoms with Gasteiger partial charge in [0.1, 0.15) is 12.6 Å². The van der Waals surface area contributed by atoms with Crippen molar-refractivity contribution in [3.8, 4) is 0 Å².